The molecule has 1 N–H and O–H groups in total. The van der Waals surface area contributed by atoms with Gasteiger partial charge in [-0.3, -0.25) is 4.90 Å². The van der Waals surface area contributed by atoms with Gasteiger partial charge in [0.2, 0.25) is 0 Å². The van der Waals surface area contributed by atoms with Crippen molar-refractivity contribution in [2.24, 2.45) is 0 Å². The molecular weight excluding hydrogens is 234 g/mol. The molecule has 1 saturated heterocycles. The molecule has 2 unspecified atom stereocenters. The van der Waals surface area contributed by atoms with E-state index in [9.17, 15) is 0 Å². The summed E-state index contributed by atoms with van der Waals surface area (Å²) in [5.41, 5.74) is 3.05. The summed E-state index contributed by atoms with van der Waals surface area (Å²) >= 11 is 0. The summed E-state index contributed by atoms with van der Waals surface area (Å²) in [6.07, 6.45) is 0. The molecule has 0 amide bonds. The standard InChI is InChI=1S/C16H25N3/c1-13-11-18(2)7-8-19(13)12-15-10-17-9-14-5-3-4-6-16(14)15/h3-6,13,15,17H,7-12H2,1-2H3. The SMILES string of the molecule is CC1CN(C)CCN1CC1CNCc2ccccc21. The predicted octanol–water partition coefficient (Wildman–Crippen LogP) is 1.51. The quantitative estimate of drug-likeness (QED) is 0.868. The number of nitrogens with zero attached hydrogens (tertiary/aromatic N) is 2. The number of rotatable bonds is 2. The maximum absolute atomic E-state index is 3.57. The molecule has 1 aromatic carbocycles. The molecule has 0 aromatic heterocycles. The van der Waals surface area contributed by atoms with Crippen molar-refractivity contribution in [1.82, 2.24) is 15.1 Å². The molecule has 1 fully saturated rings. The van der Waals surface area contributed by atoms with Gasteiger partial charge in [0.15, 0.2) is 0 Å². The number of hydrogen-bond donors (Lipinski definition) is 1. The fourth-order valence-electron chi connectivity index (χ4n) is 3.48. The van der Waals surface area contributed by atoms with Gasteiger partial charge in [-0.15, -0.1) is 0 Å². The lowest BCUT2D eigenvalue weighted by Gasteiger charge is -2.41. The summed E-state index contributed by atoms with van der Waals surface area (Å²) in [6.45, 7) is 9.31. The minimum atomic E-state index is 0.649. The van der Waals surface area contributed by atoms with Crippen LogP contribution in [-0.2, 0) is 6.54 Å². The number of nitrogens with one attached hydrogen (secondary N) is 1. The Morgan fingerprint density at radius 3 is 2.95 bits per heavy atom. The van der Waals surface area contributed by atoms with Crippen LogP contribution in [0.5, 0.6) is 0 Å². The van der Waals surface area contributed by atoms with Crippen LogP contribution in [0.15, 0.2) is 24.3 Å². The summed E-state index contributed by atoms with van der Waals surface area (Å²) < 4.78 is 0. The lowest BCUT2D eigenvalue weighted by Crippen LogP contribution is -2.52. The molecule has 0 saturated carbocycles. The fraction of sp³-hybridized carbons (Fsp3) is 0.625. The highest BCUT2D eigenvalue weighted by Gasteiger charge is 2.27. The van der Waals surface area contributed by atoms with Gasteiger partial charge in [-0.2, -0.15) is 0 Å². The molecular formula is C16H25N3. The Hall–Kier alpha value is -0.900. The Morgan fingerprint density at radius 1 is 1.26 bits per heavy atom. The van der Waals surface area contributed by atoms with Crippen molar-refractivity contribution in [3.05, 3.63) is 35.4 Å². The number of benzene rings is 1. The molecule has 0 bridgehead atoms. The predicted molar refractivity (Wildman–Crippen MR) is 79.4 cm³/mol. The molecule has 3 nitrogen and oxygen atoms in total. The van der Waals surface area contributed by atoms with Crippen LogP contribution in [0.1, 0.15) is 24.0 Å². The van der Waals surface area contributed by atoms with E-state index >= 15 is 0 Å². The van der Waals surface area contributed by atoms with Crippen LogP contribution in [0, 0.1) is 0 Å². The van der Waals surface area contributed by atoms with Crippen molar-refractivity contribution >= 4 is 0 Å². The summed E-state index contributed by atoms with van der Waals surface area (Å²) in [5.74, 6) is 0.649. The van der Waals surface area contributed by atoms with Crippen molar-refractivity contribution in [2.75, 3.05) is 39.8 Å². The molecule has 3 heteroatoms. The first-order valence-corrected chi connectivity index (χ1v) is 7.45. The van der Waals surface area contributed by atoms with Crippen molar-refractivity contribution in [1.29, 1.82) is 0 Å². The Labute approximate surface area is 116 Å². The average Bonchev–Trinajstić information content (AvgIpc) is 2.42. The van der Waals surface area contributed by atoms with E-state index in [4.69, 9.17) is 0 Å². The molecule has 1 aromatic rings. The van der Waals surface area contributed by atoms with E-state index in [-0.39, 0.29) is 0 Å². The minimum absolute atomic E-state index is 0.649. The Kier molecular flexibility index (Phi) is 3.87. The third-order valence-corrected chi connectivity index (χ3v) is 4.62. The van der Waals surface area contributed by atoms with E-state index < -0.39 is 0 Å². The van der Waals surface area contributed by atoms with E-state index in [2.05, 4.69) is 53.4 Å². The molecule has 2 atom stereocenters. The van der Waals surface area contributed by atoms with Gasteiger partial charge < -0.3 is 10.2 Å². The van der Waals surface area contributed by atoms with Crippen LogP contribution in [0.25, 0.3) is 0 Å². The third kappa shape index (κ3) is 2.83. The molecule has 104 valence electrons. The second kappa shape index (κ2) is 5.61. The first-order chi connectivity index (χ1) is 9.24. The second-order valence-corrected chi connectivity index (χ2v) is 6.13. The summed E-state index contributed by atoms with van der Waals surface area (Å²) in [7, 11) is 2.23. The largest absolute Gasteiger partial charge is 0.312 e. The Bertz CT molecular complexity index is 432. The van der Waals surface area contributed by atoms with E-state index in [1.807, 2.05) is 0 Å². The number of hydrogen-bond acceptors (Lipinski definition) is 3. The number of piperazine rings is 1. The molecule has 2 aliphatic rings. The smallest absolute Gasteiger partial charge is 0.0208 e. The zero-order valence-corrected chi connectivity index (χ0v) is 12.1. The van der Waals surface area contributed by atoms with Gasteiger partial charge in [0.25, 0.3) is 0 Å². The zero-order valence-electron chi connectivity index (χ0n) is 12.1. The number of fused-ring (bicyclic) bond motifs is 1. The third-order valence-electron chi connectivity index (χ3n) is 4.62. The van der Waals surface area contributed by atoms with Gasteiger partial charge in [0.05, 0.1) is 0 Å². The molecule has 3 rings (SSSR count). The molecule has 0 aliphatic carbocycles. The van der Waals surface area contributed by atoms with Crippen LogP contribution in [-0.4, -0.2) is 55.6 Å². The van der Waals surface area contributed by atoms with Gasteiger partial charge in [-0.05, 0) is 25.1 Å². The minimum Gasteiger partial charge on any atom is -0.312 e. The summed E-state index contributed by atoms with van der Waals surface area (Å²) in [4.78, 5) is 5.10. The van der Waals surface area contributed by atoms with Gasteiger partial charge in [0, 0.05) is 51.2 Å². The lowest BCUT2D eigenvalue weighted by atomic mass is 9.90. The van der Waals surface area contributed by atoms with Gasteiger partial charge in [0.1, 0.15) is 0 Å². The second-order valence-electron chi connectivity index (χ2n) is 6.13. The first-order valence-electron chi connectivity index (χ1n) is 7.45. The maximum atomic E-state index is 3.57. The molecule has 2 heterocycles. The van der Waals surface area contributed by atoms with Gasteiger partial charge >= 0.3 is 0 Å². The van der Waals surface area contributed by atoms with Crippen LogP contribution in [0.3, 0.4) is 0 Å². The monoisotopic (exact) mass is 259 g/mol. The summed E-state index contributed by atoms with van der Waals surface area (Å²) in [6, 6.07) is 9.60. The van der Waals surface area contributed by atoms with Crippen LogP contribution in [0.2, 0.25) is 0 Å². The van der Waals surface area contributed by atoms with Gasteiger partial charge in [-0.25, -0.2) is 0 Å². The van der Waals surface area contributed by atoms with Crippen LogP contribution in [0.4, 0.5) is 0 Å². The highest BCUT2D eigenvalue weighted by molar-refractivity contribution is 5.33. The molecule has 0 spiro atoms. The van der Waals surface area contributed by atoms with Gasteiger partial charge in [-0.1, -0.05) is 24.3 Å². The average molecular weight is 259 g/mol. The van der Waals surface area contributed by atoms with Crippen LogP contribution >= 0.6 is 0 Å². The van der Waals surface area contributed by atoms with E-state index in [0.29, 0.717) is 12.0 Å². The van der Waals surface area contributed by atoms with Crippen LogP contribution < -0.4 is 5.32 Å². The fourth-order valence-corrected chi connectivity index (χ4v) is 3.48. The number of likely N-dealkylation sites (N-methyl/N-ethyl adjacent to an activating group) is 1. The topological polar surface area (TPSA) is 18.5 Å². The highest BCUT2D eigenvalue weighted by atomic mass is 15.3. The van der Waals surface area contributed by atoms with Crippen molar-refractivity contribution in [3.63, 3.8) is 0 Å². The Morgan fingerprint density at radius 2 is 2.11 bits per heavy atom. The highest BCUT2D eigenvalue weighted by Crippen LogP contribution is 2.25. The maximum Gasteiger partial charge on any atom is 0.0208 e. The zero-order chi connectivity index (χ0) is 13.2. The summed E-state index contributed by atoms with van der Waals surface area (Å²) in [5, 5.41) is 3.57. The lowest BCUT2D eigenvalue weighted by molar-refractivity contribution is 0.0931. The molecule has 19 heavy (non-hydrogen) atoms. The Balaban J connectivity index is 1.71. The molecule has 0 radical (unpaired) electrons. The van der Waals surface area contributed by atoms with E-state index in [1.165, 1.54) is 31.7 Å². The molecule has 2 aliphatic heterocycles. The van der Waals surface area contributed by atoms with Crippen molar-refractivity contribution in [3.8, 4) is 0 Å². The van der Waals surface area contributed by atoms with E-state index in [1.54, 1.807) is 5.56 Å². The van der Waals surface area contributed by atoms with E-state index in [0.717, 1.165) is 13.1 Å². The van der Waals surface area contributed by atoms with Crippen molar-refractivity contribution < 1.29 is 0 Å². The normalized spacial score (nSPS) is 29.2. The first kappa shape index (κ1) is 13.1. The van der Waals surface area contributed by atoms with Crippen molar-refractivity contribution in [2.45, 2.75) is 25.4 Å².